The predicted molar refractivity (Wildman–Crippen MR) is 51.2 cm³/mol. The highest BCUT2D eigenvalue weighted by Crippen LogP contribution is 2.35. The van der Waals surface area contributed by atoms with Crippen molar-refractivity contribution in [2.75, 3.05) is 6.61 Å². The maximum atomic E-state index is 11.9. The Morgan fingerprint density at radius 1 is 1.71 bits per heavy atom. The van der Waals surface area contributed by atoms with Gasteiger partial charge in [-0.3, -0.25) is 4.79 Å². The minimum absolute atomic E-state index is 0.0584. The van der Waals surface area contributed by atoms with Gasteiger partial charge in [-0.25, -0.2) is 0 Å². The molecule has 1 saturated carbocycles. The zero-order valence-corrected chi connectivity index (χ0v) is 8.23. The number of ether oxygens (including phenoxy) is 1. The summed E-state index contributed by atoms with van der Waals surface area (Å²) in [5.74, 6) is 0.487. The smallest absolute Gasteiger partial charge is 0.195 e. The van der Waals surface area contributed by atoms with E-state index in [0.717, 1.165) is 12.8 Å². The van der Waals surface area contributed by atoms with E-state index >= 15 is 0 Å². The fraction of sp³-hybridized carbons (Fsp3) is 0.545. The van der Waals surface area contributed by atoms with Crippen LogP contribution in [-0.2, 0) is 4.74 Å². The van der Waals surface area contributed by atoms with Crippen LogP contribution in [0.25, 0.3) is 0 Å². The summed E-state index contributed by atoms with van der Waals surface area (Å²) in [5.41, 5.74) is 0.621. The van der Waals surface area contributed by atoms with Gasteiger partial charge in [-0.05, 0) is 31.7 Å². The second-order valence-corrected chi connectivity index (χ2v) is 3.59. The number of hydrogen-bond donors (Lipinski definition) is 0. The summed E-state index contributed by atoms with van der Waals surface area (Å²) >= 11 is 0. The highest BCUT2D eigenvalue weighted by Gasteiger charge is 2.37. The molecule has 1 atom stereocenters. The van der Waals surface area contributed by atoms with E-state index in [2.05, 4.69) is 0 Å². The van der Waals surface area contributed by atoms with E-state index in [1.807, 2.05) is 6.92 Å². The van der Waals surface area contributed by atoms with Crippen molar-refractivity contribution in [2.45, 2.75) is 25.9 Å². The lowest BCUT2D eigenvalue weighted by Crippen LogP contribution is -2.26. The molecule has 1 unspecified atom stereocenters. The Kier molecular flexibility index (Phi) is 2.68. The zero-order valence-electron chi connectivity index (χ0n) is 8.23. The normalized spacial score (nSPS) is 18.1. The van der Waals surface area contributed by atoms with Crippen LogP contribution >= 0.6 is 0 Å². The SMILES string of the molecule is CCOC(C(=O)c1ccoc1)C1CC1. The summed E-state index contributed by atoms with van der Waals surface area (Å²) in [6, 6.07) is 1.69. The molecule has 0 radical (unpaired) electrons. The number of hydrogen-bond acceptors (Lipinski definition) is 3. The van der Waals surface area contributed by atoms with E-state index in [9.17, 15) is 4.79 Å². The lowest BCUT2D eigenvalue weighted by molar-refractivity contribution is 0.0374. The number of Topliss-reactive ketones (excluding diaryl/α,β-unsaturated/α-hetero) is 1. The predicted octanol–water partition coefficient (Wildman–Crippen LogP) is 2.28. The molecule has 14 heavy (non-hydrogen) atoms. The summed E-state index contributed by atoms with van der Waals surface area (Å²) in [5, 5.41) is 0. The molecule has 1 heterocycles. The molecule has 2 rings (SSSR count). The summed E-state index contributed by atoms with van der Waals surface area (Å²) in [6.45, 7) is 2.50. The van der Waals surface area contributed by atoms with Crippen molar-refractivity contribution < 1.29 is 13.9 Å². The number of rotatable bonds is 5. The van der Waals surface area contributed by atoms with Gasteiger partial charge in [0.25, 0.3) is 0 Å². The molecule has 1 aliphatic rings. The summed E-state index contributed by atoms with van der Waals surface area (Å²) in [7, 11) is 0. The van der Waals surface area contributed by atoms with Crippen molar-refractivity contribution >= 4 is 5.78 Å². The van der Waals surface area contributed by atoms with Crippen molar-refractivity contribution in [2.24, 2.45) is 5.92 Å². The van der Waals surface area contributed by atoms with Crippen LogP contribution in [0.4, 0.5) is 0 Å². The van der Waals surface area contributed by atoms with Gasteiger partial charge in [0, 0.05) is 6.61 Å². The first-order chi connectivity index (χ1) is 6.83. The van der Waals surface area contributed by atoms with Crippen LogP contribution in [0.5, 0.6) is 0 Å². The van der Waals surface area contributed by atoms with Gasteiger partial charge in [0.15, 0.2) is 5.78 Å². The molecule has 0 bridgehead atoms. The molecule has 0 saturated heterocycles. The van der Waals surface area contributed by atoms with Gasteiger partial charge >= 0.3 is 0 Å². The first kappa shape index (κ1) is 9.46. The van der Waals surface area contributed by atoms with Crippen molar-refractivity contribution in [1.29, 1.82) is 0 Å². The van der Waals surface area contributed by atoms with Gasteiger partial charge in [0.05, 0.1) is 11.8 Å². The second-order valence-electron chi connectivity index (χ2n) is 3.59. The molecule has 0 aliphatic heterocycles. The van der Waals surface area contributed by atoms with E-state index in [1.54, 1.807) is 6.07 Å². The Balaban J connectivity index is 2.07. The first-order valence-corrected chi connectivity index (χ1v) is 5.01. The van der Waals surface area contributed by atoms with Crippen LogP contribution in [0.3, 0.4) is 0 Å². The maximum absolute atomic E-state index is 11.9. The Labute approximate surface area is 83.0 Å². The average Bonchev–Trinajstić information content (AvgIpc) is 2.88. The lowest BCUT2D eigenvalue weighted by Gasteiger charge is -2.13. The van der Waals surface area contributed by atoms with Crippen molar-refractivity contribution in [1.82, 2.24) is 0 Å². The summed E-state index contributed by atoms with van der Waals surface area (Å²) in [4.78, 5) is 11.9. The standard InChI is InChI=1S/C11H14O3/c1-2-14-11(8-3-4-8)10(12)9-5-6-13-7-9/h5-8,11H,2-4H2,1H3. The molecular weight excluding hydrogens is 180 g/mol. The van der Waals surface area contributed by atoms with E-state index < -0.39 is 0 Å². The molecule has 0 aromatic carbocycles. The highest BCUT2D eigenvalue weighted by atomic mass is 16.5. The number of furan rings is 1. The van der Waals surface area contributed by atoms with Crippen molar-refractivity contribution in [3.8, 4) is 0 Å². The third-order valence-corrected chi connectivity index (χ3v) is 2.46. The van der Waals surface area contributed by atoms with Gasteiger partial charge in [0.2, 0.25) is 0 Å². The first-order valence-electron chi connectivity index (χ1n) is 5.01. The Hall–Kier alpha value is -1.09. The number of carbonyl (C=O) groups excluding carboxylic acids is 1. The van der Waals surface area contributed by atoms with Crippen LogP contribution < -0.4 is 0 Å². The van der Waals surface area contributed by atoms with Gasteiger partial charge in [-0.15, -0.1) is 0 Å². The second kappa shape index (κ2) is 3.96. The van der Waals surface area contributed by atoms with Crippen LogP contribution in [-0.4, -0.2) is 18.5 Å². The van der Waals surface area contributed by atoms with Crippen LogP contribution in [0.15, 0.2) is 23.0 Å². The largest absolute Gasteiger partial charge is 0.472 e. The Bertz CT molecular complexity index is 298. The molecule has 0 amide bonds. The molecule has 1 aromatic rings. The zero-order chi connectivity index (χ0) is 9.97. The molecule has 0 N–H and O–H groups in total. The number of carbonyl (C=O) groups is 1. The van der Waals surface area contributed by atoms with E-state index in [-0.39, 0.29) is 11.9 Å². The third kappa shape index (κ3) is 1.87. The monoisotopic (exact) mass is 194 g/mol. The van der Waals surface area contributed by atoms with E-state index in [0.29, 0.717) is 18.1 Å². The van der Waals surface area contributed by atoms with Crippen LogP contribution in [0, 0.1) is 5.92 Å². The minimum atomic E-state index is -0.252. The quantitative estimate of drug-likeness (QED) is 0.675. The molecule has 3 heteroatoms. The van der Waals surface area contributed by atoms with Crippen LogP contribution in [0.2, 0.25) is 0 Å². The average molecular weight is 194 g/mol. The molecule has 76 valence electrons. The van der Waals surface area contributed by atoms with Gasteiger partial charge in [-0.2, -0.15) is 0 Å². The lowest BCUT2D eigenvalue weighted by atomic mass is 10.1. The molecular formula is C11H14O3. The third-order valence-electron chi connectivity index (χ3n) is 2.46. The molecule has 1 fully saturated rings. The van der Waals surface area contributed by atoms with Crippen molar-refractivity contribution in [3.63, 3.8) is 0 Å². The van der Waals surface area contributed by atoms with E-state index in [4.69, 9.17) is 9.15 Å². The summed E-state index contributed by atoms with van der Waals surface area (Å²) in [6.07, 6.45) is 4.96. The number of ketones is 1. The van der Waals surface area contributed by atoms with Gasteiger partial charge in [0.1, 0.15) is 12.4 Å². The van der Waals surface area contributed by atoms with Crippen LogP contribution in [0.1, 0.15) is 30.1 Å². The molecule has 1 aliphatic carbocycles. The van der Waals surface area contributed by atoms with Gasteiger partial charge in [-0.1, -0.05) is 0 Å². The maximum Gasteiger partial charge on any atom is 0.195 e. The fourth-order valence-corrected chi connectivity index (χ4v) is 1.57. The molecule has 3 nitrogen and oxygen atoms in total. The Morgan fingerprint density at radius 3 is 3.00 bits per heavy atom. The Morgan fingerprint density at radius 2 is 2.50 bits per heavy atom. The highest BCUT2D eigenvalue weighted by molar-refractivity contribution is 5.99. The molecule has 0 spiro atoms. The topological polar surface area (TPSA) is 39.4 Å². The minimum Gasteiger partial charge on any atom is -0.472 e. The summed E-state index contributed by atoms with van der Waals surface area (Å²) < 4.78 is 10.3. The van der Waals surface area contributed by atoms with Crippen molar-refractivity contribution in [3.05, 3.63) is 24.2 Å². The fourth-order valence-electron chi connectivity index (χ4n) is 1.57. The van der Waals surface area contributed by atoms with Gasteiger partial charge < -0.3 is 9.15 Å². The van der Waals surface area contributed by atoms with E-state index in [1.165, 1.54) is 12.5 Å². The molecule has 1 aromatic heterocycles.